The molecule has 1 aliphatic rings. The molecule has 1 aromatic rings. The van der Waals surface area contributed by atoms with Gasteiger partial charge in [0.2, 0.25) is 15.8 Å². The SMILES string of the molecule is Cc1oc(C(=O)O)cc1S(=O)(=O)N(C)C1CCS(=O)(=O)C1. The Hall–Kier alpha value is -1.39. The molecule has 10 heteroatoms. The van der Waals surface area contributed by atoms with Crippen LogP contribution in [-0.2, 0) is 19.9 Å². The first kappa shape index (κ1) is 16.0. The van der Waals surface area contributed by atoms with E-state index in [2.05, 4.69) is 0 Å². The van der Waals surface area contributed by atoms with Gasteiger partial charge in [0.15, 0.2) is 9.84 Å². The van der Waals surface area contributed by atoms with E-state index in [1.54, 1.807) is 0 Å². The fourth-order valence-corrected chi connectivity index (χ4v) is 5.65. The summed E-state index contributed by atoms with van der Waals surface area (Å²) in [7, 11) is -5.94. The topological polar surface area (TPSA) is 122 Å². The third kappa shape index (κ3) is 2.97. The van der Waals surface area contributed by atoms with Crippen molar-refractivity contribution >= 4 is 25.8 Å². The number of hydrogen-bond acceptors (Lipinski definition) is 6. The van der Waals surface area contributed by atoms with Crippen LogP contribution in [0.15, 0.2) is 15.4 Å². The van der Waals surface area contributed by atoms with E-state index in [4.69, 9.17) is 9.52 Å². The summed E-state index contributed by atoms with van der Waals surface area (Å²) in [6.45, 7) is 1.35. The predicted molar refractivity (Wildman–Crippen MR) is 72.4 cm³/mol. The second-order valence-corrected chi connectivity index (χ2v) is 9.11. The minimum absolute atomic E-state index is 0.0416. The number of furan rings is 1. The van der Waals surface area contributed by atoms with Crippen molar-refractivity contribution in [2.45, 2.75) is 24.3 Å². The maximum atomic E-state index is 12.5. The molecule has 2 rings (SSSR count). The van der Waals surface area contributed by atoms with E-state index in [0.29, 0.717) is 0 Å². The summed E-state index contributed by atoms with van der Waals surface area (Å²) in [6, 6.07) is 0.287. The van der Waals surface area contributed by atoms with Gasteiger partial charge < -0.3 is 9.52 Å². The Balaban J connectivity index is 2.36. The third-order valence-corrected chi connectivity index (χ3v) is 7.23. The molecule has 21 heavy (non-hydrogen) atoms. The van der Waals surface area contributed by atoms with Gasteiger partial charge in [-0.1, -0.05) is 0 Å². The zero-order valence-electron chi connectivity index (χ0n) is 11.4. The zero-order chi connectivity index (χ0) is 16.0. The highest BCUT2D eigenvalue weighted by Gasteiger charge is 2.38. The van der Waals surface area contributed by atoms with Crippen LogP contribution in [0.2, 0.25) is 0 Å². The Kier molecular flexibility index (Phi) is 3.89. The standard InChI is InChI=1S/C11H15NO7S2/c1-7-10(5-9(19-7)11(13)14)21(17,18)12(2)8-3-4-20(15,16)6-8/h5,8H,3-4,6H2,1-2H3,(H,13,14). The van der Waals surface area contributed by atoms with Crippen molar-refractivity contribution in [3.8, 4) is 0 Å². The Morgan fingerprint density at radius 3 is 2.52 bits per heavy atom. The molecule has 1 N–H and O–H groups in total. The minimum atomic E-state index is -4.00. The molecule has 2 heterocycles. The largest absolute Gasteiger partial charge is 0.475 e. The Labute approximate surface area is 122 Å². The predicted octanol–water partition coefficient (Wildman–Crippen LogP) is 0.0938. The smallest absolute Gasteiger partial charge is 0.371 e. The fraction of sp³-hybridized carbons (Fsp3) is 0.545. The van der Waals surface area contributed by atoms with Gasteiger partial charge in [0, 0.05) is 19.2 Å². The first-order valence-corrected chi connectivity index (χ1v) is 9.33. The maximum Gasteiger partial charge on any atom is 0.371 e. The molecule has 1 aliphatic heterocycles. The maximum absolute atomic E-state index is 12.5. The van der Waals surface area contributed by atoms with Crippen molar-refractivity contribution in [2.75, 3.05) is 18.6 Å². The van der Waals surface area contributed by atoms with E-state index in [1.807, 2.05) is 0 Å². The van der Waals surface area contributed by atoms with E-state index in [-0.39, 0.29) is 28.6 Å². The summed E-state index contributed by atoms with van der Waals surface area (Å²) in [6.07, 6.45) is 0.223. The lowest BCUT2D eigenvalue weighted by Gasteiger charge is -2.22. The van der Waals surface area contributed by atoms with Gasteiger partial charge in [-0.05, 0) is 13.3 Å². The fourth-order valence-electron chi connectivity index (χ4n) is 2.24. The third-order valence-electron chi connectivity index (χ3n) is 3.46. The molecule has 0 bridgehead atoms. The molecule has 0 radical (unpaired) electrons. The van der Waals surface area contributed by atoms with Crippen LogP contribution in [0.5, 0.6) is 0 Å². The number of aryl methyl sites for hydroxylation is 1. The van der Waals surface area contributed by atoms with Gasteiger partial charge >= 0.3 is 5.97 Å². The summed E-state index contributed by atoms with van der Waals surface area (Å²) < 4.78 is 53.7. The van der Waals surface area contributed by atoms with E-state index in [9.17, 15) is 21.6 Å². The van der Waals surface area contributed by atoms with E-state index < -0.39 is 37.6 Å². The van der Waals surface area contributed by atoms with Crippen LogP contribution in [0, 0.1) is 6.92 Å². The summed E-state index contributed by atoms with van der Waals surface area (Å²) in [5.74, 6) is -2.17. The van der Waals surface area contributed by atoms with Crippen molar-refractivity contribution in [1.82, 2.24) is 4.31 Å². The molecular weight excluding hydrogens is 322 g/mol. The average Bonchev–Trinajstić information content (AvgIpc) is 2.91. The van der Waals surface area contributed by atoms with E-state index >= 15 is 0 Å². The van der Waals surface area contributed by atoms with Crippen LogP contribution in [0.4, 0.5) is 0 Å². The number of nitrogens with zero attached hydrogens (tertiary/aromatic N) is 1. The number of hydrogen-bond donors (Lipinski definition) is 1. The Morgan fingerprint density at radius 2 is 2.10 bits per heavy atom. The van der Waals surface area contributed by atoms with Gasteiger partial charge in [0.25, 0.3) is 0 Å². The number of carbonyl (C=O) groups is 1. The highest BCUT2D eigenvalue weighted by Crippen LogP contribution is 2.27. The molecule has 1 fully saturated rings. The van der Waals surface area contributed by atoms with Crippen LogP contribution in [-0.4, -0.2) is 56.8 Å². The quantitative estimate of drug-likeness (QED) is 0.826. The summed E-state index contributed by atoms with van der Waals surface area (Å²) >= 11 is 0. The molecule has 1 saturated heterocycles. The highest BCUT2D eigenvalue weighted by atomic mass is 32.2. The molecule has 1 aromatic heterocycles. The molecule has 1 atom stereocenters. The number of rotatable bonds is 4. The Morgan fingerprint density at radius 1 is 1.48 bits per heavy atom. The normalized spacial score (nSPS) is 21.8. The van der Waals surface area contributed by atoms with Crippen molar-refractivity contribution < 1.29 is 31.2 Å². The molecule has 118 valence electrons. The van der Waals surface area contributed by atoms with Crippen LogP contribution < -0.4 is 0 Å². The molecule has 0 aliphatic carbocycles. The van der Waals surface area contributed by atoms with Crippen molar-refractivity contribution in [3.05, 3.63) is 17.6 Å². The van der Waals surface area contributed by atoms with Crippen LogP contribution >= 0.6 is 0 Å². The van der Waals surface area contributed by atoms with Gasteiger partial charge in [-0.25, -0.2) is 21.6 Å². The summed E-state index contributed by atoms with van der Waals surface area (Å²) in [5.41, 5.74) is 0. The van der Waals surface area contributed by atoms with Gasteiger partial charge in [-0.2, -0.15) is 4.31 Å². The number of carboxylic acid groups (broad SMARTS) is 1. The number of sulfone groups is 1. The van der Waals surface area contributed by atoms with Crippen LogP contribution in [0.25, 0.3) is 0 Å². The lowest BCUT2D eigenvalue weighted by molar-refractivity contribution is 0.0661. The number of aromatic carboxylic acids is 1. The first-order chi connectivity index (χ1) is 9.54. The van der Waals surface area contributed by atoms with Crippen molar-refractivity contribution in [3.63, 3.8) is 0 Å². The second kappa shape index (κ2) is 5.11. The van der Waals surface area contributed by atoms with Crippen LogP contribution in [0.3, 0.4) is 0 Å². The lowest BCUT2D eigenvalue weighted by atomic mass is 10.3. The average molecular weight is 337 g/mol. The van der Waals surface area contributed by atoms with Gasteiger partial charge in [0.1, 0.15) is 10.7 Å². The first-order valence-electron chi connectivity index (χ1n) is 6.07. The molecule has 0 amide bonds. The molecule has 0 aromatic carbocycles. The molecule has 1 unspecified atom stereocenters. The molecule has 8 nitrogen and oxygen atoms in total. The molecule has 0 saturated carbocycles. The lowest BCUT2D eigenvalue weighted by Crippen LogP contribution is -2.37. The van der Waals surface area contributed by atoms with Crippen LogP contribution in [0.1, 0.15) is 22.7 Å². The molecule has 0 spiro atoms. The number of sulfonamides is 1. The summed E-state index contributed by atoms with van der Waals surface area (Å²) in [5, 5.41) is 8.83. The van der Waals surface area contributed by atoms with Crippen molar-refractivity contribution in [1.29, 1.82) is 0 Å². The van der Waals surface area contributed by atoms with Crippen molar-refractivity contribution in [2.24, 2.45) is 0 Å². The van der Waals surface area contributed by atoms with Gasteiger partial charge in [0.05, 0.1) is 11.5 Å². The summed E-state index contributed by atoms with van der Waals surface area (Å²) in [4.78, 5) is 10.6. The minimum Gasteiger partial charge on any atom is -0.475 e. The number of carboxylic acids is 1. The zero-order valence-corrected chi connectivity index (χ0v) is 13.1. The van der Waals surface area contributed by atoms with Gasteiger partial charge in [-0.15, -0.1) is 0 Å². The van der Waals surface area contributed by atoms with Gasteiger partial charge in [-0.3, -0.25) is 0 Å². The van der Waals surface area contributed by atoms with E-state index in [0.717, 1.165) is 10.4 Å². The Bertz CT molecular complexity index is 775. The monoisotopic (exact) mass is 337 g/mol. The molecular formula is C11H15NO7S2. The highest BCUT2D eigenvalue weighted by molar-refractivity contribution is 7.92. The van der Waals surface area contributed by atoms with E-state index in [1.165, 1.54) is 14.0 Å². The second-order valence-electron chi connectivity index (χ2n) is 4.91.